The zero-order chi connectivity index (χ0) is 20.2. The Hall–Kier alpha value is -2.82. The first-order valence-corrected chi connectivity index (χ1v) is 10.1. The van der Waals surface area contributed by atoms with E-state index in [0.29, 0.717) is 22.6 Å². The van der Waals surface area contributed by atoms with Crippen LogP contribution in [0.25, 0.3) is 5.70 Å². The van der Waals surface area contributed by atoms with Crippen molar-refractivity contribution in [3.05, 3.63) is 71.0 Å². The molecule has 1 aromatic rings. The second kappa shape index (κ2) is 8.25. The lowest BCUT2D eigenvalue weighted by Gasteiger charge is -2.23. The maximum Gasteiger partial charge on any atom is 0.238 e. The molecule has 2 N–H and O–H groups in total. The summed E-state index contributed by atoms with van der Waals surface area (Å²) in [5.74, 6) is 0.699. The number of likely N-dealkylation sites (N-methyl/N-ethyl adjacent to an activating group) is 1. The van der Waals surface area contributed by atoms with E-state index in [0.717, 1.165) is 5.57 Å². The molecule has 142 valence electrons. The van der Waals surface area contributed by atoms with E-state index >= 15 is 0 Å². The van der Waals surface area contributed by atoms with Crippen LogP contribution >= 0.6 is 0 Å². The molecular formula is C20H23N3O3S. The molecule has 1 heterocycles. The normalized spacial score (nSPS) is 18.5. The van der Waals surface area contributed by atoms with E-state index in [9.17, 15) is 13.7 Å². The van der Waals surface area contributed by atoms with Crippen LogP contribution in [-0.2, 0) is 14.8 Å². The van der Waals surface area contributed by atoms with Crippen molar-refractivity contribution >= 4 is 15.7 Å². The van der Waals surface area contributed by atoms with Crippen LogP contribution in [0.2, 0.25) is 0 Å². The van der Waals surface area contributed by atoms with Crippen molar-refractivity contribution in [3.63, 3.8) is 0 Å². The lowest BCUT2D eigenvalue weighted by Crippen LogP contribution is -2.24. The number of fused-ring (bicyclic) bond motifs is 1. The van der Waals surface area contributed by atoms with Crippen LogP contribution in [0.4, 0.5) is 0 Å². The van der Waals surface area contributed by atoms with Crippen molar-refractivity contribution in [3.8, 4) is 6.07 Å². The third-order valence-corrected chi connectivity index (χ3v) is 5.18. The smallest absolute Gasteiger partial charge is 0.238 e. The Morgan fingerprint density at radius 1 is 1.26 bits per heavy atom. The van der Waals surface area contributed by atoms with Gasteiger partial charge in [-0.05, 0) is 29.9 Å². The van der Waals surface area contributed by atoms with Crippen molar-refractivity contribution in [1.29, 1.82) is 5.26 Å². The average Bonchev–Trinajstić information content (AvgIpc) is 2.81. The SMILES string of the molecule is CC.COC1=CC=C2C(C#N)=C(c3cccc(S(N)(=O)=O)c3)N(C)C2C=C1. The molecule has 6 nitrogen and oxygen atoms in total. The van der Waals surface area contributed by atoms with Gasteiger partial charge in [-0.3, -0.25) is 0 Å². The second-order valence-corrected chi connectivity index (χ2v) is 7.28. The van der Waals surface area contributed by atoms with Gasteiger partial charge in [0.1, 0.15) is 11.8 Å². The van der Waals surface area contributed by atoms with Crippen LogP contribution in [0.5, 0.6) is 0 Å². The number of primary sulfonamides is 1. The summed E-state index contributed by atoms with van der Waals surface area (Å²) in [4.78, 5) is 1.96. The highest BCUT2D eigenvalue weighted by molar-refractivity contribution is 7.89. The Morgan fingerprint density at radius 2 is 1.96 bits per heavy atom. The molecule has 27 heavy (non-hydrogen) atoms. The summed E-state index contributed by atoms with van der Waals surface area (Å²) in [6, 6.07) is 8.42. The highest BCUT2D eigenvalue weighted by Gasteiger charge is 2.34. The number of benzene rings is 1. The fourth-order valence-electron chi connectivity index (χ4n) is 3.06. The van der Waals surface area contributed by atoms with Gasteiger partial charge in [-0.2, -0.15) is 5.26 Å². The van der Waals surface area contributed by atoms with Gasteiger partial charge in [-0.1, -0.05) is 38.1 Å². The van der Waals surface area contributed by atoms with E-state index in [4.69, 9.17) is 9.88 Å². The Labute approximate surface area is 160 Å². The minimum Gasteiger partial charge on any atom is -0.497 e. The molecule has 0 aromatic heterocycles. The van der Waals surface area contributed by atoms with Gasteiger partial charge in [0.25, 0.3) is 0 Å². The average molecular weight is 385 g/mol. The zero-order valence-electron chi connectivity index (χ0n) is 15.8. The number of sulfonamides is 1. The fourth-order valence-corrected chi connectivity index (χ4v) is 3.62. The molecule has 7 heteroatoms. The second-order valence-electron chi connectivity index (χ2n) is 5.72. The standard InChI is InChI=1S/C18H17N3O3S.C2H6/c1-21-17-9-7-13(24-2)6-8-15(17)16(11-19)18(21)12-4-3-5-14(10-12)25(20,22)23;1-2/h3-10,17H,1-2H3,(H2,20,22,23);1-2H3. The molecular weight excluding hydrogens is 362 g/mol. The summed E-state index contributed by atoms with van der Waals surface area (Å²) in [6.45, 7) is 4.00. The van der Waals surface area contributed by atoms with Gasteiger partial charge in [0.2, 0.25) is 10.0 Å². The molecule has 1 aromatic carbocycles. The number of rotatable bonds is 3. The highest BCUT2D eigenvalue weighted by atomic mass is 32.2. The van der Waals surface area contributed by atoms with Gasteiger partial charge in [-0.15, -0.1) is 0 Å². The van der Waals surface area contributed by atoms with Crippen molar-refractivity contribution in [2.24, 2.45) is 5.14 Å². The highest BCUT2D eigenvalue weighted by Crippen LogP contribution is 2.40. The summed E-state index contributed by atoms with van der Waals surface area (Å²) >= 11 is 0. The van der Waals surface area contributed by atoms with Gasteiger partial charge >= 0.3 is 0 Å². The molecule has 1 aliphatic heterocycles. The Kier molecular flexibility index (Phi) is 6.26. The summed E-state index contributed by atoms with van der Waals surface area (Å²) in [5, 5.41) is 14.9. The third-order valence-electron chi connectivity index (χ3n) is 4.27. The van der Waals surface area contributed by atoms with E-state index in [1.807, 2.05) is 44.0 Å². The molecule has 0 saturated carbocycles. The number of nitriles is 1. The minimum atomic E-state index is -3.82. The molecule has 2 aliphatic rings. The number of hydrogen-bond donors (Lipinski definition) is 1. The maximum absolute atomic E-state index is 11.6. The van der Waals surface area contributed by atoms with Crippen molar-refractivity contribution < 1.29 is 13.2 Å². The largest absolute Gasteiger partial charge is 0.497 e. The van der Waals surface area contributed by atoms with Crippen molar-refractivity contribution in [2.45, 2.75) is 24.8 Å². The lowest BCUT2D eigenvalue weighted by molar-refractivity contribution is 0.306. The Balaban J connectivity index is 0.00000126. The number of nitrogens with zero attached hydrogens (tertiary/aromatic N) is 2. The Morgan fingerprint density at radius 3 is 2.56 bits per heavy atom. The summed E-state index contributed by atoms with van der Waals surface area (Å²) in [5.41, 5.74) is 2.63. The summed E-state index contributed by atoms with van der Waals surface area (Å²) < 4.78 is 28.5. The summed E-state index contributed by atoms with van der Waals surface area (Å²) in [7, 11) is -0.365. The number of methoxy groups -OCH3 is 1. The van der Waals surface area contributed by atoms with Gasteiger partial charge in [0.15, 0.2) is 0 Å². The van der Waals surface area contributed by atoms with Crippen LogP contribution in [0, 0.1) is 11.3 Å². The van der Waals surface area contributed by atoms with Gasteiger partial charge in [0.05, 0.1) is 29.3 Å². The quantitative estimate of drug-likeness (QED) is 0.863. The molecule has 3 rings (SSSR count). The van der Waals surface area contributed by atoms with Crippen LogP contribution in [0.15, 0.2) is 70.4 Å². The molecule has 0 fully saturated rings. The first kappa shape index (κ1) is 20.5. The van der Waals surface area contributed by atoms with Crippen LogP contribution in [0.3, 0.4) is 0 Å². The van der Waals surface area contributed by atoms with E-state index in [1.165, 1.54) is 12.1 Å². The van der Waals surface area contributed by atoms with E-state index in [-0.39, 0.29) is 10.9 Å². The topological polar surface area (TPSA) is 96.4 Å². The zero-order valence-corrected chi connectivity index (χ0v) is 16.6. The summed E-state index contributed by atoms with van der Waals surface area (Å²) in [6.07, 6.45) is 7.46. The molecule has 0 spiro atoms. The Bertz CT molecular complexity index is 996. The predicted octanol–water partition coefficient (Wildman–Crippen LogP) is 2.94. The predicted molar refractivity (Wildman–Crippen MR) is 106 cm³/mol. The van der Waals surface area contributed by atoms with Crippen LogP contribution < -0.4 is 5.14 Å². The monoisotopic (exact) mass is 385 g/mol. The molecule has 0 amide bonds. The van der Waals surface area contributed by atoms with Crippen LogP contribution in [0.1, 0.15) is 19.4 Å². The minimum absolute atomic E-state index is 0.0152. The number of nitrogens with two attached hydrogens (primary N) is 1. The number of hydrogen-bond acceptors (Lipinski definition) is 5. The third kappa shape index (κ3) is 3.97. The molecule has 1 unspecified atom stereocenters. The molecule has 0 radical (unpaired) electrons. The van der Waals surface area contributed by atoms with E-state index < -0.39 is 10.0 Å². The van der Waals surface area contributed by atoms with Crippen molar-refractivity contribution in [2.75, 3.05) is 14.2 Å². The molecule has 1 aliphatic carbocycles. The van der Waals surface area contributed by atoms with Gasteiger partial charge < -0.3 is 9.64 Å². The van der Waals surface area contributed by atoms with E-state index in [2.05, 4.69) is 6.07 Å². The van der Waals surface area contributed by atoms with Crippen molar-refractivity contribution in [1.82, 2.24) is 4.90 Å². The lowest BCUT2D eigenvalue weighted by atomic mass is 10.0. The first-order chi connectivity index (χ1) is 12.9. The molecule has 1 atom stereocenters. The van der Waals surface area contributed by atoms with Gasteiger partial charge in [0, 0.05) is 12.6 Å². The molecule has 0 bridgehead atoms. The molecule has 0 saturated heterocycles. The van der Waals surface area contributed by atoms with Gasteiger partial charge in [-0.25, -0.2) is 13.6 Å². The maximum atomic E-state index is 11.6. The number of ether oxygens (including phenoxy) is 1. The van der Waals surface area contributed by atoms with Crippen LogP contribution in [-0.4, -0.2) is 33.5 Å². The van der Waals surface area contributed by atoms with E-state index in [1.54, 1.807) is 25.3 Å². The number of allylic oxidation sites excluding steroid dienone is 3. The fraction of sp³-hybridized carbons (Fsp3) is 0.250. The first-order valence-electron chi connectivity index (χ1n) is 8.51.